The van der Waals surface area contributed by atoms with Gasteiger partial charge in [-0.15, -0.1) is 0 Å². The Morgan fingerprint density at radius 3 is 2.71 bits per heavy atom. The van der Waals surface area contributed by atoms with Gasteiger partial charge in [0, 0.05) is 17.6 Å². The van der Waals surface area contributed by atoms with E-state index in [1.165, 1.54) is 12.5 Å². The summed E-state index contributed by atoms with van der Waals surface area (Å²) in [6.07, 6.45) is 6.59. The van der Waals surface area contributed by atoms with Crippen LogP contribution in [0.3, 0.4) is 0 Å². The quantitative estimate of drug-likeness (QED) is 0.741. The van der Waals surface area contributed by atoms with Gasteiger partial charge in [-0.25, -0.2) is 4.39 Å². The third kappa shape index (κ3) is 4.51. The van der Waals surface area contributed by atoms with Crippen LogP contribution >= 0.6 is 15.9 Å². The number of hydrogen-bond donors (Lipinski definition) is 1. The van der Waals surface area contributed by atoms with Crippen molar-refractivity contribution in [3.63, 3.8) is 0 Å². The third-order valence-electron chi connectivity index (χ3n) is 4.48. The van der Waals surface area contributed by atoms with E-state index in [4.69, 9.17) is 4.74 Å². The van der Waals surface area contributed by atoms with Gasteiger partial charge < -0.3 is 10.1 Å². The Bertz CT molecular complexity index is 457. The lowest BCUT2D eigenvalue weighted by Gasteiger charge is -2.43. The lowest BCUT2D eigenvalue weighted by atomic mass is 9.75. The van der Waals surface area contributed by atoms with Crippen LogP contribution in [0.1, 0.15) is 44.6 Å². The van der Waals surface area contributed by atoms with Crippen molar-refractivity contribution < 1.29 is 9.13 Å². The zero-order valence-corrected chi connectivity index (χ0v) is 14.5. The first-order valence-electron chi connectivity index (χ1n) is 7.81. The van der Waals surface area contributed by atoms with Gasteiger partial charge in [0.1, 0.15) is 5.82 Å². The molecule has 1 aliphatic carbocycles. The van der Waals surface area contributed by atoms with Gasteiger partial charge in [-0.1, -0.05) is 28.9 Å². The topological polar surface area (TPSA) is 21.3 Å². The normalized spacial score (nSPS) is 18.3. The maximum Gasteiger partial charge on any atom is 0.124 e. The Morgan fingerprint density at radius 2 is 2.19 bits per heavy atom. The Kier molecular flexibility index (Phi) is 6.20. The van der Waals surface area contributed by atoms with Crippen molar-refractivity contribution in [2.45, 2.75) is 57.1 Å². The van der Waals surface area contributed by atoms with Crippen LogP contribution in [0, 0.1) is 5.82 Å². The van der Waals surface area contributed by atoms with E-state index in [0.29, 0.717) is 6.04 Å². The molecule has 21 heavy (non-hydrogen) atoms. The second-order valence-corrected chi connectivity index (χ2v) is 6.89. The molecule has 2 nitrogen and oxygen atoms in total. The molecule has 0 amide bonds. The summed E-state index contributed by atoms with van der Waals surface area (Å²) >= 11 is 3.47. The fraction of sp³-hybridized carbons (Fsp3) is 0.647. The Morgan fingerprint density at radius 1 is 1.43 bits per heavy atom. The molecular weight excluding hydrogens is 333 g/mol. The van der Waals surface area contributed by atoms with E-state index in [-0.39, 0.29) is 11.4 Å². The number of halogens is 2. The third-order valence-corrected chi connectivity index (χ3v) is 5.22. The van der Waals surface area contributed by atoms with E-state index in [1.54, 1.807) is 6.07 Å². The summed E-state index contributed by atoms with van der Waals surface area (Å²) in [5, 5.41) is 3.62. The average molecular weight is 358 g/mol. The molecule has 118 valence electrons. The zero-order valence-electron chi connectivity index (χ0n) is 12.9. The van der Waals surface area contributed by atoms with Gasteiger partial charge in [0.2, 0.25) is 0 Å². The van der Waals surface area contributed by atoms with Crippen LogP contribution in [0.2, 0.25) is 0 Å². The summed E-state index contributed by atoms with van der Waals surface area (Å²) in [4.78, 5) is 0. The highest BCUT2D eigenvalue weighted by Gasteiger charge is 2.38. The van der Waals surface area contributed by atoms with Crippen LogP contribution in [-0.4, -0.2) is 25.3 Å². The van der Waals surface area contributed by atoms with E-state index in [0.717, 1.165) is 48.7 Å². The minimum Gasteiger partial charge on any atom is -0.378 e. The smallest absolute Gasteiger partial charge is 0.124 e. The van der Waals surface area contributed by atoms with E-state index in [1.807, 2.05) is 13.2 Å². The minimum atomic E-state index is -0.198. The van der Waals surface area contributed by atoms with Gasteiger partial charge >= 0.3 is 0 Å². The van der Waals surface area contributed by atoms with Gasteiger partial charge in [0.15, 0.2) is 0 Å². The van der Waals surface area contributed by atoms with Crippen LogP contribution in [0.5, 0.6) is 0 Å². The molecule has 0 aliphatic heterocycles. The average Bonchev–Trinajstić information content (AvgIpc) is 2.42. The monoisotopic (exact) mass is 357 g/mol. The number of benzene rings is 1. The second kappa shape index (κ2) is 7.70. The SMILES string of the molecule is CCCNC(Cc1ccc(F)cc1Br)CC1(OC)CCC1. The van der Waals surface area contributed by atoms with Gasteiger partial charge in [0.05, 0.1) is 5.60 Å². The van der Waals surface area contributed by atoms with Gasteiger partial charge in [0.25, 0.3) is 0 Å². The number of rotatable bonds is 8. The van der Waals surface area contributed by atoms with Gasteiger partial charge in [-0.2, -0.15) is 0 Å². The number of methoxy groups -OCH3 is 1. The summed E-state index contributed by atoms with van der Waals surface area (Å²) in [7, 11) is 1.82. The van der Waals surface area contributed by atoms with Gasteiger partial charge in [-0.3, -0.25) is 0 Å². The molecule has 1 aromatic carbocycles. The van der Waals surface area contributed by atoms with Crippen LogP contribution in [0.25, 0.3) is 0 Å². The maximum absolute atomic E-state index is 13.2. The Labute approximate surface area is 135 Å². The Hall–Kier alpha value is -0.450. The molecule has 0 bridgehead atoms. The van der Waals surface area contributed by atoms with E-state index in [2.05, 4.69) is 28.2 Å². The molecule has 1 unspecified atom stereocenters. The van der Waals surface area contributed by atoms with Crippen LogP contribution in [0.15, 0.2) is 22.7 Å². The highest BCUT2D eigenvalue weighted by atomic mass is 79.9. The van der Waals surface area contributed by atoms with Crippen molar-refractivity contribution in [1.82, 2.24) is 5.32 Å². The first kappa shape index (κ1) is 16.9. The second-order valence-electron chi connectivity index (χ2n) is 6.04. The van der Waals surface area contributed by atoms with Crippen molar-refractivity contribution in [1.29, 1.82) is 0 Å². The first-order valence-corrected chi connectivity index (χ1v) is 8.60. The van der Waals surface area contributed by atoms with E-state index >= 15 is 0 Å². The molecule has 1 aromatic rings. The molecule has 2 rings (SSSR count). The molecule has 1 N–H and O–H groups in total. The number of ether oxygens (including phenoxy) is 1. The van der Waals surface area contributed by atoms with E-state index in [9.17, 15) is 4.39 Å². The van der Waals surface area contributed by atoms with Gasteiger partial charge in [-0.05, 0) is 62.8 Å². The van der Waals surface area contributed by atoms with Crippen molar-refractivity contribution >= 4 is 15.9 Å². The predicted molar refractivity (Wildman–Crippen MR) is 88.1 cm³/mol. The molecule has 1 saturated carbocycles. The highest BCUT2D eigenvalue weighted by molar-refractivity contribution is 9.10. The van der Waals surface area contributed by atoms with Crippen LogP contribution < -0.4 is 5.32 Å². The molecule has 1 atom stereocenters. The summed E-state index contributed by atoms with van der Waals surface area (Å²) in [6.45, 7) is 3.18. The van der Waals surface area contributed by atoms with Crippen molar-refractivity contribution in [2.24, 2.45) is 0 Å². The summed E-state index contributed by atoms with van der Waals surface area (Å²) in [5.74, 6) is -0.198. The minimum absolute atomic E-state index is 0.0535. The fourth-order valence-electron chi connectivity index (χ4n) is 3.03. The van der Waals surface area contributed by atoms with Crippen molar-refractivity contribution in [3.05, 3.63) is 34.1 Å². The molecular formula is C17H25BrFNO. The maximum atomic E-state index is 13.2. The predicted octanol–water partition coefficient (Wildman–Crippen LogP) is 4.46. The molecule has 0 radical (unpaired) electrons. The molecule has 0 saturated heterocycles. The Balaban J connectivity index is 2.04. The fourth-order valence-corrected chi connectivity index (χ4v) is 3.54. The molecule has 1 aliphatic rings. The number of nitrogens with one attached hydrogen (secondary N) is 1. The lowest BCUT2D eigenvalue weighted by molar-refractivity contribution is -0.0834. The van der Waals surface area contributed by atoms with Crippen molar-refractivity contribution in [2.75, 3.05) is 13.7 Å². The van der Waals surface area contributed by atoms with Crippen LogP contribution in [0.4, 0.5) is 4.39 Å². The van der Waals surface area contributed by atoms with Crippen LogP contribution in [-0.2, 0) is 11.2 Å². The molecule has 0 heterocycles. The molecule has 0 aromatic heterocycles. The lowest BCUT2D eigenvalue weighted by Crippen LogP contribution is -2.46. The highest BCUT2D eigenvalue weighted by Crippen LogP contribution is 2.39. The zero-order chi connectivity index (χ0) is 15.3. The molecule has 4 heteroatoms. The van der Waals surface area contributed by atoms with E-state index < -0.39 is 0 Å². The van der Waals surface area contributed by atoms with Crippen molar-refractivity contribution in [3.8, 4) is 0 Å². The summed E-state index contributed by atoms with van der Waals surface area (Å²) in [6, 6.07) is 5.32. The largest absolute Gasteiger partial charge is 0.378 e. The summed E-state index contributed by atoms with van der Waals surface area (Å²) in [5.41, 5.74) is 1.20. The number of hydrogen-bond acceptors (Lipinski definition) is 2. The summed E-state index contributed by atoms with van der Waals surface area (Å²) < 4.78 is 19.8. The molecule has 1 fully saturated rings. The molecule has 0 spiro atoms. The standard InChI is InChI=1S/C17H25BrFNO/c1-3-9-20-15(12-17(21-2)7-4-8-17)10-13-5-6-14(19)11-16(13)18/h5-6,11,15,20H,3-4,7-10,12H2,1-2H3. The first-order chi connectivity index (χ1) is 10.1.